The fourth-order valence-electron chi connectivity index (χ4n) is 2.85. The maximum absolute atomic E-state index is 9.46. The minimum Gasteiger partial charge on any atom is -0.393 e. The van der Waals surface area contributed by atoms with Crippen LogP contribution in [0.1, 0.15) is 33.1 Å². The first kappa shape index (κ1) is 16.5. The summed E-state index contributed by atoms with van der Waals surface area (Å²) in [6.07, 6.45) is 3.10. The maximum Gasteiger partial charge on any atom is 0.0564 e. The average molecular weight is 271 g/mol. The molecule has 0 saturated carbocycles. The van der Waals surface area contributed by atoms with Crippen molar-refractivity contribution in [3.05, 3.63) is 0 Å². The Morgan fingerprint density at radius 1 is 1.12 bits per heavy atom. The van der Waals surface area contributed by atoms with Crippen LogP contribution in [0.25, 0.3) is 0 Å². The molecule has 2 N–H and O–H groups in total. The Bertz CT molecular complexity index is 206. The molecule has 0 aromatic carbocycles. The zero-order valence-corrected chi connectivity index (χ0v) is 11.7. The van der Waals surface area contributed by atoms with Crippen LogP contribution in [0.4, 0.5) is 0 Å². The van der Waals surface area contributed by atoms with Gasteiger partial charge >= 0.3 is 0 Å². The third kappa shape index (κ3) is 3.47. The molecule has 0 aliphatic carbocycles. The molecule has 16 heavy (non-hydrogen) atoms. The van der Waals surface area contributed by atoms with E-state index >= 15 is 0 Å². The summed E-state index contributed by atoms with van der Waals surface area (Å²) in [5, 5.41) is 13.0. The molecule has 2 aliphatic rings. The number of rotatable bonds is 1. The van der Waals surface area contributed by atoms with E-state index in [2.05, 4.69) is 24.1 Å². The highest BCUT2D eigenvalue weighted by atomic mass is 35.5. The van der Waals surface area contributed by atoms with Crippen molar-refractivity contribution >= 4 is 24.8 Å². The second-order valence-corrected chi connectivity index (χ2v) is 5.22. The van der Waals surface area contributed by atoms with E-state index in [0.29, 0.717) is 6.04 Å². The molecule has 1 atom stereocenters. The highest BCUT2D eigenvalue weighted by Gasteiger charge is 2.38. The summed E-state index contributed by atoms with van der Waals surface area (Å²) in [4.78, 5) is 2.55. The smallest absolute Gasteiger partial charge is 0.0564 e. The molecule has 0 amide bonds. The van der Waals surface area contributed by atoms with Crippen molar-refractivity contribution in [2.45, 2.75) is 50.8 Å². The number of aliphatic hydroxyl groups excluding tert-OH is 1. The van der Waals surface area contributed by atoms with Crippen molar-refractivity contribution in [3.8, 4) is 0 Å². The standard InChI is InChI=1S/C11H22N2O.2ClH/c1-11(2)10(3-6-12-11)13-7-4-9(14)5-8-13;;/h9-10,12,14H,3-8H2,1-2H3;2*1H. The fourth-order valence-corrected chi connectivity index (χ4v) is 2.85. The van der Waals surface area contributed by atoms with E-state index < -0.39 is 0 Å². The first-order valence-electron chi connectivity index (χ1n) is 5.77. The Morgan fingerprint density at radius 2 is 1.69 bits per heavy atom. The van der Waals surface area contributed by atoms with Crippen LogP contribution in [-0.4, -0.2) is 47.3 Å². The van der Waals surface area contributed by atoms with Crippen LogP contribution in [0.2, 0.25) is 0 Å². The van der Waals surface area contributed by atoms with Gasteiger partial charge in [0.2, 0.25) is 0 Å². The lowest BCUT2D eigenvalue weighted by atomic mass is 9.93. The summed E-state index contributed by atoms with van der Waals surface area (Å²) in [6.45, 7) is 7.84. The second-order valence-electron chi connectivity index (χ2n) is 5.22. The zero-order chi connectivity index (χ0) is 10.2. The molecule has 3 nitrogen and oxygen atoms in total. The Morgan fingerprint density at radius 3 is 2.12 bits per heavy atom. The summed E-state index contributed by atoms with van der Waals surface area (Å²) in [7, 11) is 0. The van der Waals surface area contributed by atoms with Gasteiger partial charge in [-0.3, -0.25) is 4.90 Å². The van der Waals surface area contributed by atoms with Crippen molar-refractivity contribution < 1.29 is 5.11 Å². The van der Waals surface area contributed by atoms with Crippen LogP contribution in [0.3, 0.4) is 0 Å². The number of nitrogens with zero attached hydrogens (tertiary/aromatic N) is 1. The first-order chi connectivity index (χ1) is 6.59. The molecular weight excluding hydrogens is 247 g/mol. The van der Waals surface area contributed by atoms with Gasteiger partial charge in [-0.2, -0.15) is 0 Å². The molecule has 2 heterocycles. The van der Waals surface area contributed by atoms with Gasteiger partial charge in [0, 0.05) is 24.7 Å². The number of halogens is 2. The first-order valence-corrected chi connectivity index (χ1v) is 5.77. The number of hydrogen-bond donors (Lipinski definition) is 2. The minimum absolute atomic E-state index is 0. The van der Waals surface area contributed by atoms with Crippen LogP contribution >= 0.6 is 24.8 Å². The van der Waals surface area contributed by atoms with Gasteiger partial charge in [0.05, 0.1) is 6.10 Å². The Kier molecular flexibility index (Phi) is 6.59. The monoisotopic (exact) mass is 270 g/mol. The van der Waals surface area contributed by atoms with Gasteiger partial charge in [0.25, 0.3) is 0 Å². The van der Waals surface area contributed by atoms with Crippen molar-refractivity contribution in [1.29, 1.82) is 0 Å². The Hall–Kier alpha value is 0.460. The second kappa shape index (κ2) is 6.41. The van der Waals surface area contributed by atoms with Crippen LogP contribution in [0.15, 0.2) is 0 Å². The molecule has 1 unspecified atom stereocenters. The predicted octanol–water partition coefficient (Wildman–Crippen LogP) is 1.43. The lowest BCUT2D eigenvalue weighted by Crippen LogP contribution is -2.53. The SMILES string of the molecule is CC1(C)NCCC1N1CCC(O)CC1.Cl.Cl. The van der Waals surface area contributed by atoms with Gasteiger partial charge in [-0.25, -0.2) is 0 Å². The Labute approximate surface area is 111 Å². The molecule has 2 fully saturated rings. The molecule has 98 valence electrons. The van der Waals surface area contributed by atoms with E-state index in [-0.39, 0.29) is 36.5 Å². The number of aliphatic hydroxyl groups is 1. The summed E-state index contributed by atoms with van der Waals surface area (Å²) in [5.41, 5.74) is 0.252. The molecule has 5 heteroatoms. The van der Waals surface area contributed by atoms with Crippen LogP contribution < -0.4 is 5.32 Å². The molecule has 2 rings (SSSR count). The molecule has 0 aromatic rings. The highest BCUT2D eigenvalue weighted by molar-refractivity contribution is 5.85. The number of nitrogens with one attached hydrogen (secondary N) is 1. The Balaban J connectivity index is 0.00000112. The topological polar surface area (TPSA) is 35.5 Å². The number of piperidine rings is 1. The normalized spacial score (nSPS) is 30.6. The largest absolute Gasteiger partial charge is 0.393 e. The summed E-state index contributed by atoms with van der Waals surface area (Å²) in [5.74, 6) is 0. The van der Waals surface area contributed by atoms with Gasteiger partial charge < -0.3 is 10.4 Å². The van der Waals surface area contributed by atoms with Crippen molar-refractivity contribution in [2.75, 3.05) is 19.6 Å². The molecule has 0 spiro atoms. The summed E-state index contributed by atoms with van der Waals surface area (Å²) in [6, 6.07) is 0.662. The zero-order valence-electron chi connectivity index (χ0n) is 10.1. The van der Waals surface area contributed by atoms with E-state index in [1.807, 2.05) is 0 Å². The fraction of sp³-hybridized carbons (Fsp3) is 1.00. The molecule has 0 bridgehead atoms. The summed E-state index contributed by atoms with van der Waals surface area (Å²) < 4.78 is 0. The van der Waals surface area contributed by atoms with Crippen molar-refractivity contribution in [2.24, 2.45) is 0 Å². The summed E-state index contributed by atoms with van der Waals surface area (Å²) >= 11 is 0. The quantitative estimate of drug-likeness (QED) is 0.757. The molecule has 2 aliphatic heterocycles. The van der Waals surface area contributed by atoms with E-state index in [0.717, 1.165) is 32.5 Å². The lowest BCUT2D eigenvalue weighted by Gasteiger charge is -2.40. The van der Waals surface area contributed by atoms with E-state index in [1.54, 1.807) is 0 Å². The van der Waals surface area contributed by atoms with Gasteiger partial charge in [-0.1, -0.05) is 0 Å². The van der Waals surface area contributed by atoms with E-state index in [9.17, 15) is 5.11 Å². The molecule has 0 radical (unpaired) electrons. The molecule has 0 aromatic heterocycles. The van der Waals surface area contributed by atoms with Crippen molar-refractivity contribution in [3.63, 3.8) is 0 Å². The van der Waals surface area contributed by atoms with Crippen LogP contribution in [0, 0.1) is 0 Å². The maximum atomic E-state index is 9.46. The van der Waals surface area contributed by atoms with Crippen molar-refractivity contribution in [1.82, 2.24) is 10.2 Å². The lowest BCUT2D eigenvalue weighted by molar-refractivity contribution is 0.0469. The average Bonchev–Trinajstić information content (AvgIpc) is 2.47. The van der Waals surface area contributed by atoms with Gasteiger partial charge in [0.15, 0.2) is 0 Å². The van der Waals surface area contributed by atoms with Gasteiger partial charge in [-0.15, -0.1) is 24.8 Å². The van der Waals surface area contributed by atoms with Gasteiger partial charge in [0.1, 0.15) is 0 Å². The third-order valence-corrected chi connectivity index (χ3v) is 3.77. The highest BCUT2D eigenvalue weighted by Crippen LogP contribution is 2.26. The van der Waals surface area contributed by atoms with Crippen LogP contribution in [0.5, 0.6) is 0 Å². The number of likely N-dealkylation sites (tertiary alicyclic amines) is 1. The number of hydrogen-bond acceptors (Lipinski definition) is 3. The van der Waals surface area contributed by atoms with E-state index in [1.165, 1.54) is 6.42 Å². The molecule has 2 saturated heterocycles. The molecular formula is C11H24Cl2N2O. The predicted molar refractivity (Wildman–Crippen MR) is 71.8 cm³/mol. The third-order valence-electron chi connectivity index (χ3n) is 3.77. The minimum atomic E-state index is -0.0521. The van der Waals surface area contributed by atoms with Gasteiger partial charge in [-0.05, 0) is 39.7 Å². The van der Waals surface area contributed by atoms with Crippen LogP contribution in [-0.2, 0) is 0 Å². The van der Waals surface area contributed by atoms with E-state index in [4.69, 9.17) is 0 Å².